The molecular weight excluding hydrogens is 278 g/mol. The molecule has 0 fully saturated rings. The highest BCUT2D eigenvalue weighted by Crippen LogP contribution is 2.13. The third-order valence-corrected chi connectivity index (χ3v) is 3.77. The Hall–Kier alpha value is -1.11. The number of sulfonamides is 1. The van der Waals surface area contributed by atoms with Crippen molar-refractivity contribution in [3.63, 3.8) is 0 Å². The van der Waals surface area contributed by atoms with Crippen molar-refractivity contribution in [1.29, 1.82) is 0 Å². The number of methoxy groups -OCH3 is 1. The van der Waals surface area contributed by atoms with Gasteiger partial charge in [0.1, 0.15) is 0 Å². The average molecular weight is 292 g/mol. The summed E-state index contributed by atoms with van der Waals surface area (Å²) in [6.07, 6.45) is 0.569. The minimum atomic E-state index is -3.81. The molecule has 0 spiro atoms. The maximum atomic E-state index is 11.8. The van der Waals surface area contributed by atoms with Crippen LogP contribution >= 0.6 is 11.6 Å². The van der Waals surface area contributed by atoms with Gasteiger partial charge in [0, 0.05) is 25.2 Å². The molecule has 0 heterocycles. The molecule has 0 radical (unpaired) electrons. The molecule has 1 aromatic rings. The van der Waals surface area contributed by atoms with E-state index in [9.17, 15) is 13.2 Å². The Kier molecular flexibility index (Phi) is 5.58. The van der Waals surface area contributed by atoms with E-state index in [2.05, 4.69) is 0 Å². The van der Waals surface area contributed by atoms with Crippen molar-refractivity contribution in [1.82, 2.24) is 4.72 Å². The van der Waals surface area contributed by atoms with Crippen LogP contribution in [0.25, 0.3) is 0 Å². The molecule has 1 amide bonds. The van der Waals surface area contributed by atoms with Crippen LogP contribution in [0, 0.1) is 0 Å². The highest BCUT2D eigenvalue weighted by atomic mass is 35.5. The number of carbonyl (C=O) groups excluding carboxylic acids is 1. The van der Waals surface area contributed by atoms with Gasteiger partial charge in [0.05, 0.1) is 4.90 Å². The van der Waals surface area contributed by atoms with Crippen molar-refractivity contribution < 1.29 is 17.9 Å². The minimum absolute atomic E-state index is 0.00647. The van der Waals surface area contributed by atoms with Gasteiger partial charge in [-0.25, -0.2) is 13.1 Å². The van der Waals surface area contributed by atoms with Gasteiger partial charge in [0.2, 0.25) is 5.91 Å². The second-order valence-electron chi connectivity index (χ2n) is 3.58. The number of hydrogen-bond donors (Lipinski definition) is 1. The average Bonchev–Trinajstić information content (AvgIpc) is 2.29. The van der Waals surface area contributed by atoms with Crippen molar-refractivity contribution in [3.05, 3.63) is 29.3 Å². The van der Waals surface area contributed by atoms with E-state index in [1.807, 2.05) is 4.72 Å². The third kappa shape index (κ3) is 4.64. The summed E-state index contributed by atoms with van der Waals surface area (Å²) >= 11 is 5.66. The molecule has 0 saturated carbocycles. The summed E-state index contributed by atoms with van der Waals surface area (Å²) in [6.45, 7) is 0.411. The van der Waals surface area contributed by atoms with Gasteiger partial charge in [-0.05, 0) is 30.7 Å². The van der Waals surface area contributed by atoms with Gasteiger partial charge in [-0.1, -0.05) is 11.6 Å². The molecule has 0 saturated heterocycles. The number of nitrogens with one attached hydrogen (secondary N) is 1. The summed E-state index contributed by atoms with van der Waals surface area (Å²) in [5.74, 6) is -0.554. The molecule has 0 aromatic heterocycles. The molecule has 0 unspecified atom stereocenters. The molecule has 5 nitrogen and oxygen atoms in total. The molecule has 7 heteroatoms. The normalized spacial score (nSPS) is 11.2. The van der Waals surface area contributed by atoms with E-state index < -0.39 is 15.9 Å². The topological polar surface area (TPSA) is 72.5 Å². The number of benzene rings is 1. The van der Waals surface area contributed by atoms with Crippen LogP contribution in [0.3, 0.4) is 0 Å². The Morgan fingerprint density at radius 2 is 1.94 bits per heavy atom. The lowest BCUT2D eigenvalue weighted by atomic mass is 10.3. The summed E-state index contributed by atoms with van der Waals surface area (Å²) in [6, 6.07) is 5.58. The van der Waals surface area contributed by atoms with Gasteiger partial charge in [0.25, 0.3) is 10.0 Å². The lowest BCUT2D eigenvalue weighted by molar-refractivity contribution is -0.119. The van der Waals surface area contributed by atoms with Gasteiger partial charge >= 0.3 is 0 Å². The number of ether oxygens (including phenoxy) is 1. The predicted molar refractivity (Wildman–Crippen MR) is 67.9 cm³/mol. The van der Waals surface area contributed by atoms with E-state index in [4.69, 9.17) is 16.3 Å². The van der Waals surface area contributed by atoms with Crippen molar-refractivity contribution in [2.75, 3.05) is 13.7 Å². The standard InChI is InChI=1S/C11H14ClNO4S/c1-17-8-2-3-11(14)13-18(15,16)10-6-4-9(12)5-7-10/h4-7H,2-3,8H2,1H3,(H,13,14). The highest BCUT2D eigenvalue weighted by Gasteiger charge is 2.16. The lowest BCUT2D eigenvalue weighted by Gasteiger charge is -2.06. The van der Waals surface area contributed by atoms with Gasteiger partial charge in [0.15, 0.2) is 0 Å². The number of carbonyl (C=O) groups is 1. The molecule has 18 heavy (non-hydrogen) atoms. The molecule has 1 rings (SSSR count). The molecule has 1 N–H and O–H groups in total. The zero-order valence-corrected chi connectivity index (χ0v) is 11.4. The summed E-state index contributed by atoms with van der Waals surface area (Å²) in [4.78, 5) is 11.4. The first-order valence-corrected chi connectivity index (χ1v) is 7.12. The van der Waals surface area contributed by atoms with Gasteiger partial charge in [-0.3, -0.25) is 4.79 Å². The van der Waals surface area contributed by atoms with Crippen LogP contribution in [0.5, 0.6) is 0 Å². The van der Waals surface area contributed by atoms with Crippen LogP contribution in [0.1, 0.15) is 12.8 Å². The lowest BCUT2D eigenvalue weighted by Crippen LogP contribution is -2.30. The summed E-state index contributed by atoms with van der Waals surface area (Å²) < 4.78 is 30.3. The maximum Gasteiger partial charge on any atom is 0.264 e. The first-order chi connectivity index (χ1) is 8.45. The van der Waals surface area contributed by atoms with Crippen molar-refractivity contribution in [2.24, 2.45) is 0 Å². The zero-order chi connectivity index (χ0) is 13.6. The van der Waals surface area contributed by atoms with Crippen LogP contribution in [-0.2, 0) is 19.6 Å². The zero-order valence-electron chi connectivity index (χ0n) is 9.85. The van der Waals surface area contributed by atoms with E-state index >= 15 is 0 Å². The smallest absolute Gasteiger partial charge is 0.264 e. The number of amides is 1. The van der Waals surface area contributed by atoms with Gasteiger partial charge in [-0.2, -0.15) is 0 Å². The highest BCUT2D eigenvalue weighted by molar-refractivity contribution is 7.90. The van der Waals surface area contributed by atoms with Crippen molar-refractivity contribution >= 4 is 27.5 Å². The number of hydrogen-bond acceptors (Lipinski definition) is 4. The molecule has 1 aromatic carbocycles. The fourth-order valence-corrected chi connectivity index (χ4v) is 2.39. The summed E-state index contributed by atoms with van der Waals surface area (Å²) in [5.41, 5.74) is 0. The van der Waals surface area contributed by atoms with E-state index in [-0.39, 0.29) is 11.3 Å². The Labute approximate surface area is 111 Å². The van der Waals surface area contributed by atoms with E-state index in [0.29, 0.717) is 18.1 Å². The summed E-state index contributed by atoms with van der Waals surface area (Å²) in [5, 5.41) is 0.431. The first kappa shape index (κ1) is 14.9. The third-order valence-electron chi connectivity index (χ3n) is 2.12. The Bertz CT molecular complexity index is 498. The Balaban J connectivity index is 2.64. The molecule has 0 aliphatic carbocycles. The van der Waals surface area contributed by atoms with E-state index in [0.717, 1.165) is 0 Å². The van der Waals surface area contributed by atoms with Gasteiger partial charge < -0.3 is 4.74 Å². The minimum Gasteiger partial charge on any atom is -0.385 e. The first-order valence-electron chi connectivity index (χ1n) is 5.26. The van der Waals surface area contributed by atoms with E-state index in [1.165, 1.54) is 31.4 Å². The molecule has 0 atom stereocenters. The second-order valence-corrected chi connectivity index (χ2v) is 5.70. The second kappa shape index (κ2) is 6.72. The monoisotopic (exact) mass is 291 g/mol. The molecule has 0 aliphatic heterocycles. The fourth-order valence-electron chi connectivity index (χ4n) is 1.25. The predicted octanol–water partition coefficient (Wildman–Crippen LogP) is 1.57. The van der Waals surface area contributed by atoms with Crippen LogP contribution in [0.15, 0.2) is 29.2 Å². The fraction of sp³-hybridized carbons (Fsp3) is 0.364. The SMILES string of the molecule is COCCCC(=O)NS(=O)(=O)c1ccc(Cl)cc1. The molecular formula is C11H14ClNO4S. The Morgan fingerprint density at radius 3 is 2.50 bits per heavy atom. The number of halogens is 1. The summed E-state index contributed by atoms with van der Waals surface area (Å²) in [7, 11) is -2.30. The van der Waals surface area contributed by atoms with Crippen LogP contribution in [0.4, 0.5) is 0 Å². The van der Waals surface area contributed by atoms with Crippen LogP contribution < -0.4 is 4.72 Å². The van der Waals surface area contributed by atoms with Crippen molar-refractivity contribution in [2.45, 2.75) is 17.7 Å². The van der Waals surface area contributed by atoms with Crippen molar-refractivity contribution in [3.8, 4) is 0 Å². The van der Waals surface area contributed by atoms with Crippen LogP contribution in [-0.4, -0.2) is 28.0 Å². The Morgan fingerprint density at radius 1 is 1.33 bits per heavy atom. The molecule has 0 bridgehead atoms. The molecule has 0 aliphatic rings. The quantitative estimate of drug-likeness (QED) is 0.808. The largest absolute Gasteiger partial charge is 0.385 e. The number of rotatable bonds is 6. The van der Waals surface area contributed by atoms with Gasteiger partial charge in [-0.15, -0.1) is 0 Å². The van der Waals surface area contributed by atoms with E-state index in [1.54, 1.807) is 0 Å². The maximum absolute atomic E-state index is 11.8. The van der Waals surface area contributed by atoms with Crippen LogP contribution in [0.2, 0.25) is 5.02 Å². The molecule has 100 valence electrons.